The van der Waals surface area contributed by atoms with E-state index in [1.807, 2.05) is 0 Å². The summed E-state index contributed by atoms with van der Waals surface area (Å²) in [5.74, 6) is -1.35. The smallest absolute Gasteiger partial charge is 0.134 e. The number of nitrogens with two attached hydrogens (primary N) is 1. The molecule has 14 heavy (non-hydrogen) atoms. The molecule has 0 aliphatic carbocycles. The lowest BCUT2D eigenvalue weighted by atomic mass is 10.0. The molecule has 0 heterocycles. The summed E-state index contributed by atoms with van der Waals surface area (Å²) in [7, 11) is 0. The normalized spacial score (nSPS) is 12.9. The first-order valence-electron chi connectivity index (χ1n) is 4.45. The van der Waals surface area contributed by atoms with E-state index in [0.717, 1.165) is 0 Å². The van der Waals surface area contributed by atoms with E-state index in [1.165, 1.54) is 12.1 Å². The second kappa shape index (κ2) is 4.48. The number of hydrogen-bond acceptors (Lipinski definition) is 2. The standard InChI is InChI=1S/C10H13F2NO/c1-2-6-3-4-7(11)9(10(6)12)8(13)5-14/h3-4,8,14H,2,5,13H2,1H3. The van der Waals surface area contributed by atoms with Crippen LogP contribution in [0.4, 0.5) is 8.78 Å². The van der Waals surface area contributed by atoms with Crippen LogP contribution in [0.25, 0.3) is 0 Å². The Kier molecular flexibility index (Phi) is 3.55. The predicted octanol–water partition coefficient (Wildman–Crippen LogP) is 1.52. The van der Waals surface area contributed by atoms with Gasteiger partial charge in [-0.3, -0.25) is 0 Å². The van der Waals surface area contributed by atoms with E-state index >= 15 is 0 Å². The van der Waals surface area contributed by atoms with Crippen LogP contribution in [0, 0.1) is 11.6 Å². The van der Waals surface area contributed by atoms with Crippen LogP contribution >= 0.6 is 0 Å². The fraction of sp³-hybridized carbons (Fsp3) is 0.400. The minimum atomic E-state index is -0.999. The molecule has 3 N–H and O–H groups in total. The molecule has 0 aliphatic heterocycles. The van der Waals surface area contributed by atoms with E-state index in [4.69, 9.17) is 10.8 Å². The first-order valence-corrected chi connectivity index (χ1v) is 4.45. The van der Waals surface area contributed by atoms with Crippen molar-refractivity contribution < 1.29 is 13.9 Å². The Balaban J connectivity index is 3.25. The van der Waals surface area contributed by atoms with Gasteiger partial charge < -0.3 is 10.8 Å². The molecule has 1 atom stereocenters. The molecule has 0 radical (unpaired) electrons. The molecule has 0 saturated carbocycles. The largest absolute Gasteiger partial charge is 0.394 e. The van der Waals surface area contributed by atoms with Crippen LogP contribution in [0.3, 0.4) is 0 Å². The lowest BCUT2D eigenvalue weighted by molar-refractivity contribution is 0.262. The molecule has 0 spiro atoms. The first kappa shape index (κ1) is 11.1. The summed E-state index contributed by atoms with van der Waals surface area (Å²) >= 11 is 0. The van der Waals surface area contributed by atoms with Crippen molar-refractivity contribution in [2.45, 2.75) is 19.4 Å². The van der Waals surface area contributed by atoms with E-state index < -0.39 is 24.3 Å². The van der Waals surface area contributed by atoms with Crippen molar-refractivity contribution >= 4 is 0 Å². The van der Waals surface area contributed by atoms with Crippen LogP contribution in [0.15, 0.2) is 12.1 Å². The van der Waals surface area contributed by atoms with Gasteiger partial charge in [-0.2, -0.15) is 0 Å². The highest BCUT2D eigenvalue weighted by molar-refractivity contribution is 5.29. The molecule has 0 fully saturated rings. The summed E-state index contributed by atoms with van der Waals surface area (Å²) in [6.07, 6.45) is 0.470. The maximum atomic E-state index is 13.5. The van der Waals surface area contributed by atoms with Crippen molar-refractivity contribution in [2.75, 3.05) is 6.61 Å². The Labute approximate surface area is 81.4 Å². The molecule has 1 rings (SSSR count). The average molecular weight is 201 g/mol. The third-order valence-electron chi connectivity index (χ3n) is 2.15. The van der Waals surface area contributed by atoms with Crippen LogP contribution in [0.1, 0.15) is 24.1 Å². The number of aliphatic hydroxyl groups excluding tert-OH is 1. The molecular weight excluding hydrogens is 188 g/mol. The zero-order valence-corrected chi connectivity index (χ0v) is 7.93. The molecule has 0 aromatic heterocycles. The zero-order chi connectivity index (χ0) is 10.7. The van der Waals surface area contributed by atoms with Crippen molar-refractivity contribution in [3.05, 3.63) is 34.9 Å². The molecule has 0 bridgehead atoms. The fourth-order valence-corrected chi connectivity index (χ4v) is 1.32. The summed E-state index contributed by atoms with van der Waals surface area (Å²) in [6, 6.07) is 1.56. The Bertz CT molecular complexity index is 328. The van der Waals surface area contributed by atoms with Gasteiger partial charge in [0.15, 0.2) is 0 Å². The van der Waals surface area contributed by atoms with Crippen LogP contribution in [-0.2, 0) is 6.42 Å². The Morgan fingerprint density at radius 3 is 2.57 bits per heavy atom. The number of aryl methyl sites for hydroxylation is 1. The Hall–Kier alpha value is -1.00. The summed E-state index contributed by atoms with van der Waals surface area (Å²) in [6.45, 7) is 1.30. The maximum absolute atomic E-state index is 13.5. The third kappa shape index (κ3) is 1.91. The third-order valence-corrected chi connectivity index (χ3v) is 2.15. The molecule has 0 aliphatic rings. The van der Waals surface area contributed by atoms with Gasteiger partial charge in [0.05, 0.1) is 12.6 Å². The molecular formula is C10H13F2NO. The van der Waals surface area contributed by atoms with Gasteiger partial charge in [-0.1, -0.05) is 13.0 Å². The SMILES string of the molecule is CCc1ccc(F)c(C(N)CO)c1F. The van der Waals surface area contributed by atoms with Crippen molar-refractivity contribution in [3.63, 3.8) is 0 Å². The quantitative estimate of drug-likeness (QED) is 0.778. The van der Waals surface area contributed by atoms with Gasteiger partial charge in [0.25, 0.3) is 0 Å². The number of aliphatic hydroxyl groups is 1. The van der Waals surface area contributed by atoms with Crippen LogP contribution < -0.4 is 5.73 Å². The molecule has 2 nitrogen and oxygen atoms in total. The molecule has 0 saturated heterocycles. The molecule has 1 aromatic rings. The van der Waals surface area contributed by atoms with Crippen molar-refractivity contribution in [1.82, 2.24) is 0 Å². The number of hydrogen-bond donors (Lipinski definition) is 2. The first-order chi connectivity index (χ1) is 6.61. The minimum Gasteiger partial charge on any atom is -0.394 e. The van der Waals surface area contributed by atoms with Crippen molar-refractivity contribution in [1.29, 1.82) is 0 Å². The van der Waals surface area contributed by atoms with E-state index in [1.54, 1.807) is 6.92 Å². The molecule has 1 unspecified atom stereocenters. The van der Waals surface area contributed by atoms with E-state index in [-0.39, 0.29) is 5.56 Å². The summed E-state index contributed by atoms with van der Waals surface area (Å²) in [5, 5.41) is 8.74. The van der Waals surface area contributed by atoms with E-state index in [2.05, 4.69) is 0 Å². The zero-order valence-electron chi connectivity index (χ0n) is 7.93. The van der Waals surface area contributed by atoms with Crippen LogP contribution in [0.5, 0.6) is 0 Å². The summed E-state index contributed by atoms with van der Waals surface area (Å²) < 4.78 is 26.7. The second-order valence-corrected chi connectivity index (χ2v) is 3.08. The van der Waals surface area contributed by atoms with Crippen LogP contribution in [0.2, 0.25) is 0 Å². The van der Waals surface area contributed by atoms with Crippen molar-refractivity contribution in [2.24, 2.45) is 5.73 Å². The number of benzene rings is 1. The number of rotatable bonds is 3. The molecule has 78 valence electrons. The Morgan fingerprint density at radius 2 is 2.07 bits per heavy atom. The van der Waals surface area contributed by atoms with Gasteiger partial charge in [0, 0.05) is 5.56 Å². The predicted molar refractivity (Wildman–Crippen MR) is 49.8 cm³/mol. The van der Waals surface area contributed by atoms with Gasteiger partial charge in [0.2, 0.25) is 0 Å². The Morgan fingerprint density at radius 1 is 1.43 bits per heavy atom. The van der Waals surface area contributed by atoms with Gasteiger partial charge in [-0.15, -0.1) is 0 Å². The molecule has 1 aromatic carbocycles. The molecule has 4 heteroatoms. The monoisotopic (exact) mass is 201 g/mol. The van der Waals surface area contributed by atoms with Gasteiger partial charge in [-0.25, -0.2) is 8.78 Å². The average Bonchev–Trinajstić information content (AvgIpc) is 2.18. The fourth-order valence-electron chi connectivity index (χ4n) is 1.32. The minimum absolute atomic E-state index is 0.230. The van der Waals surface area contributed by atoms with Crippen LogP contribution in [-0.4, -0.2) is 11.7 Å². The van der Waals surface area contributed by atoms with Crippen molar-refractivity contribution in [3.8, 4) is 0 Å². The highest BCUT2D eigenvalue weighted by atomic mass is 19.1. The van der Waals surface area contributed by atoms with Gasteiger partial charge in [0.1, 0.15) is 11.6 Å². The lowest BCUT2D eigenvalue weighted by Gasteiger charge is -2.13. The second-order valence-electron chi connectivity index (χ2n) is 3.08. The van der Waals surface area contributed by atoms with E-state index in [0.29, 0.717) is 12.0 Å². The highest BCUT2D eigenvalue weighted by Crippen LogP contribution is 2.22. The summed E-state index contributed by atoms with van der Waals surface area (Å²) in [5.41, 5.74) is 5.57. The highest BCUT2D eigenvalue weighted by Gasteiger charge is 2.18. The maximum Gasteiger partial charge on any atom is 0.134 e. The molecule has 0 amide bonds. The van der Waals surface area contributed by atoms with E-state index in [9.17, 15) is 8.78 Å². The summed E-state index contributed by atoms with van der Waals surface area (Å²) in [4.78, 5) is 0. The van der Waals surface area contributed by atoms with Gasteiger partial charge >= 0.3 is 0 Å². The number of halogens is 2. The van der Waals surface area contributed by atoms with Gasteiger partial charge in [-0.05, 0) is 18.1 Å². The topological polar surface area (TPSA) is 46.2 Å². The lowest BCUT2D eigenvalue weighted by Crippen LogP contribution is -2.18.